The maximum atomic E-state index is 11.7. The first kappa shape index (κ1) is 14.7. The third-order valence-corrected chi connectivity index (χ3v) is 4.78. The fourth-order valence-electron chi connectivity index (χ4n) is 1.61. The van der Waals surface area contributed by atoms with Crippen molar-refractivity contribution in [2.24, 2.45) is 0 Å². The number of hydrogen-bond donors (Lipinski definition) is 0. The Morgan fingerprint density at radius 2 is 2.26 bits per heavy atom. The Morgan fingerprint density at radius 3 is 2.79 bits per heavy atom. The Morgan fingerprint density at radius 1 is 1.53 bits per heavy atom. The molecule has 0 amide bonds. The number of aryl methyl sites for hydroxylation is 1. The number of hydrogen-bond acceptors (Lipinski definition) is 5. The third-order valence-electron chi connectivity index (χ3n) is 2.44. The van der Waals surface area contributed by atoms with Gasteiger partial charge in [0, 0.05) is 0 Å². The van der Waals surface area contributed by atoms with Crippen LogP contribution in [0.1, 0.15) is 29.6 Å². The predicted octanol–water partition coefficient (Wildman–Crippen LogP) is 4.67. The van der Waals surface area contributed by atoms with Gasteiger partial charge in [0.2, 0.25) is 11.7 Å². The summed E-state index contributed by atoms with van der Waals surface area (Å²) in [6.45, 7) is 2.02. The molecule has 0 unspecified atom stereocenters. The molecule has 0 saturated heterocycles. The Bertz CT molecular complexity index is 606. The molecule has 0 radical (unpaired) electrons. The van der Waals surface area contributed by atoms with Crippen molar-refractivity contribution >= 4 is 49.2 Å². The maximum Gasteiger partial charge on any atom is 0.376 e. The summed E-state index contributed by atoms with van der Waals surface area (Å²) >= 11 is 8.38. The van der Waals surface area contributed by atoms with Gasteiger partial charge >= 0.3 is 5.97 Å². The van der Waals surface area contributed by atoms with E-state index < -0.39 is 5.97 Å². The van der Waals surface area contributed by atoms with Crippen LogP contribution in [0.5, 0.6) is 0 Å². The van der Waals surface area contributed by atoms with Gasteiger partial charge in [-0.2, -0.15) is 0 Å². The van der Waals surface area contributed by atoms with Gasteiger partial charge in [-0.15, -0.1) is 11.3 Å². The molecule has 0 N–H and O–H groups in total. The van der Waals surface area contributed by atoms with Gasteiger partial charge in [0.1, 0.15) is 0 Å². The lowest BCUT2D eigenvalue weighted by Gasteiger charge is -1.96. The van der Waals surface area contributed by atoms with Gasteiger partial charge in [-0.25, -0.2) is 9.78 Å². The zero-order valence-corrected chi connectivity index (χ0v) is 14.3. The van der Waals surface area contributed by atoms with Crippen LogP contribution < -0.4 is 0 Å². The van der Waals surface area contributed by atoms with Crippen LogP contribution in [0.25, 0.3) is 11.5 Å². The van der Waals surface area contributed by atoms with Crippen molar-refractivity contribution in [3.05, 3.63) is 25.1 Å². The van der Waals surface area contributed by atoms with E-state index in [0.29, 0.717) is 18.0 Å². The van der Waals surface area contributed by atoms with Crippen molar-refractivity contribution in [1.29, 1.82) is 0 Å². The number of thiophene rings is 1. The van der Waals surface area contributed by atoms with E-state index in [4.69, 9.17) is 9.15 Å². The van der Waals surface area contributed by atoms with Gasteiger partial charge in [-0.1, -0.05) is 13.3 Å². The average Bonchev–Trinajstić information content (AvgIpc) is 2.92. The van der Waals surface area contributed by atoms with E-state index in [-0.39, 0.29) is 5.76 Å². The normalized spacial score (nSPS) is 10.7. The van der Waals surface area contributed by atoms with Crippen LogP contribution in [0.4, 0.5) is 0 Å². The molecule has 0 aliphatic carbocycles. The number of esters is 1. The molecule has 0 saturated carbocycles. The number of nitrogens with zero attached hydrogens (tertiary/aromatic N) is 1. The van der Waals surface area contributed by atoms with E-state index >= 15 is 0 Å². The maximum absolute atomic E-state index is 11.7. The molecule has 0 atom stereocenters. The fourth-order valence-corrected chi connectivity index (χ4v) is 4.39. The smallest absolute Gasteiger partial charge is 0.376 e. The number of carbonyl (C=O) groups excluding carboxylic acids is 1. The van der Waals surface area contributed by atoms with Crippen molar-refractivity contribution < 1.29 is 13.9 Å². The molecule has 2 rings (SSSR count). The first-order chi connectivity index (χ1) is 9.06. The Kier molecular flexibility index (Phi) is 4.81. The molecule has 0 bridgehead atoms. The van der Waals surface area contributed by atoms with Crippen LogP contribution in [0.2, 0.25) is 0 Å². The van der Waals surface area contributed by atoms with Crippen LogP contribution >= 0.6 is 43.2 Å². The number of halogens is 2. The van der Waals surface area contributed by atoms with E-state index in [1.807, 2.05) is 13.0 Å². The highest BCUT2D eigenvalue weighted by molar-refractivity contribution is 9.12. The number of aromatic nitrogens is 1. The van der Waals surface area contributed by atoms with Crippen LogP contribution in [-0.4, -0.2) is 18.1 Å². The average molecular weight is 409 g/mol. The van der Waals surface area contributed by atoms with E-state index in [1.54, 1.807) is 0 Å². The highest BCUT2D eigenvalue weighted by atomic mass is 79.9. The van der Waals surface area contributed by atoms with Gasteiger partial charge in [0.25, 0.3) is 0 Å². The molecule has 4 nitrogen and oxygen atoms in total. The zero-order valence-electron chi connectivity index (χ0n) is 10.3. The summed E-state index contributed by atoms with van der Waals surface area (Å²) in [5, 5.41) is 0. The van der Waals surface area contributed by atoms with Gasteiger partial charge in [-0.3, -0.25) is 0 Å². The predicted molar refractivity (Wildman–Crippen MR) is 80.6 cm³/mol. The van der Waals surface area contributed by atoms with Crippen molar-refractivity contribution in [1.82, 2.24) is 4.98 Å². The number of rotatable bonds is 4. The van der Waals surface area contributed by atoms with Crippen molar-refractivity contribution in [3.8, 4) is 11.5 Å². The molecule has 2 aromatic rings. The van der Waals surface area contributed by atoms with Gasteiger partial charge in [0.05, 0.1) is 25.9 Å². The number of methoxy groups -OCH3 is 1. The van der Waals surface area contributed by atoms with E-state index in [1.165, 1.54) is 18.4 Å². The van der Waals surface area contributed by atoms with Crippen molar-refractivity contribution in [3.63, 3.8) is 0 Å². The first-order valence-electron chi connectivity index (χ1n) is 5.60. The molecular weight excluding hydrogens is 398 g/mol. The lowest BCUT2D eigenvalue weighted by atomic mass is 10.2. The molecule has 0 fully saturated rings. The van der Waals surface area contributed by atoms with Crippen molar-refractivity contribution in [2.45, 2.75) is 19.8 Å². The van der Waals surface area contributed by atoms with E-state index in [2.05, 4.69) is 36.8 Å². The summed E-state index contributed by atoms with van der Waals surface area (Å²) in [4.78, 5) is 16.1. The molecule has 0 aliphatic heterocycles. The Balaban J connectivity index is 2.48. The fraction of sp³-hybridized carbons (Fsp3) is 0.333. The number of carbonyl (C=O) groups is 1. The Hall–Kier alpha value is -0.660. The SMILES string of the molecule is CCCc1nc(-c2cc(Br)sc2Br)oc1C(=O)OC. The summed E-state index contributed by atoms with van der Waals surface area (Å²) in [5.74, 6) is 0.124. The molecule has 102 valence electrons. The topological polar surface area (TPSA) is 52.3 Å². The lowest BCUT2D eigenvalue weighted by Crippen LogP contribution is -2.03. The highest BCUT2D eigenvalue weighted by Gasteiger charge is 2.22. The van der Waals surface area contributed by atoms with Crippen LogP contribution in [0.3, 0.4) is 0 Å². The summed E-state index contributed by atoms with van der Waals surface area (Å²) in [6, 6.07) is 1.90. The summed E-state index contributed by atoms with van der Waals surface area (Å²) in [7, 11) is 1.33. The number of oxazole rings is 1. The molecule has 7 heteroatoms. The molecule has 0 aliphatic rings. The van der Waals surface area contributed by atoms with E-state index in [9.17, 15) is 4.79 Å². The van der Waals surface area contributed by atoms with Gasteiger partial charge in [-0.05, 0) is 44.3 Å². The van der Waals surface area contributed by atoms with Crippen LogP contribution in [0.15, 0.2) is 18.1 Å². The summed E-state index contributed by atoms with van der Waals surface area (Å²) in [6.07, 6.45) is 1.56. The minimum Gasteiger partial charge on any atom is -0.463 e. The molecule has 2 aromatic heterocycles. The third kappa shape index (κ3) is 3.09. The highest BCUT2D eigenvalue weighted by Crippen LogP contribution is 2.38. The molecule has 19 heavy (non-hydrogen) atoms. The monoisotopic (exact) mass is 407 g/mol. The number of ether oxygens (including phenoxy) is 1. The lowest BCUT2D eigenvalue weighted by molar-refractivity contribution is 0.0564. The minimum absolute atomic E-state index is 0.188. The molecule has 0 aromatic carbocycles. The molecular formula is C12H11Br2NO3S. The van der Waals surface area contributed by atoms with E-state index in [0.717, 1.165) is 19.6 Å². The largest absolute Gasteiger partial charge is 0.463 e. The van der Waals surface area contributed by atoms with Gasteiger partial charge in [0.15, 0.2) is 0 Å². The summed E-state index contributed by atoms with van der Waals surface area (Å²) < 4.78 is 12.2. The molecule has 0 spiro atoms. The first-order valence-corrected chi connectivity index (χ1v) is 8.00. The standard InChI is InChI=1S/C12H11Br2NO3S/c1-3-4-7-9(12(16)17-2)18-11(15-7)6-5-8(13)19-10(6)14/h5H,3-4H2,1-2H3. The van der Waals surface area contributed by atoms with Crippen LogP contribution in [-0.2, 0) is 11.2 Å². The zero-order chi connectivity index (χ0) is 14.0. The minimum atomic E-state index is -0.493. The second kappa shape index (κ2) is 6.19. The summed E-state index contributed by atoms with van der Waals surface area (Å²) in [5.41, 5.74) is 1.46. The second-order valence-electron chi connectivity index (χ2n) is 3.77. The van der Waals surface area contributed by atoms with Crippen molar-refractivity contribution in [2.75, 3.05) is 7.11 Å². The van der Waals surface area contributed by atoms with Crippen LogP contribution in [0, 0.1) is 0 Å². The second-order valence-corrected chi connectivity index (χ2v) is 7.52. The Labute approximate surface area is 131 Å². The quantitative estimate of drug-likeness (QED) is 0.690. The van der Waals surface area contributed by atoms with Gasteiger partial charge < -0.3 is 9.15 Å². The molecule has 2 heterocycles.